The number of aromatic hydroxyl groups is 1. The Morgan fingerprint density at radius 1 is 1.00 bits per heavy atom. The number of phenols is 1. The second-order valence-electron chi connectivity index (χ2n) is 6.84. The van der Waals surface area contributed by atoms with Crippen molar-refractivity contribution < 1.29 is 19.3 Å². The van der Waals surface area contributed by atoms with E-state index in [1.54, 1.807) is 12.1 Å². The molecule has 0 spiro atoms. The van der Waals surface area contributed by atoms with Gasteiger partial charge in [0, 0.05) is 17.7 Å². The van der Waals surface area contributed by atoms with E-state index in [1.807, 2.05) is 55.5 Å². The van der Waals surface area contributed by atoms with Crippen LogP contribution in [-0.2, 0) is 13.0 Å². The molecule has 4 nitrogen and oxygen atoms in total. The maximum absolute atomic E-state index is 9.95. The first-order valence-corrected chi connectivity index (χ1v) is 9.65. The van der Waals surface area contributed by atoms with Crippen molar-refractivity contribution in [1.82, 2.24) is 0 Å². The van der Waals surface area contributed by atoms with Gasteiger partial charge in [0.2, 0.25) is 0 Å². The van der Waals surface area contributed by atoms with Gasteiger partial charge in [0.15, 0.2) is 0 Å². The fraction of sp³-hybridized carbons (Fsp3) is 0.250. The second kappa shape index (κ2) is 8.26. The lowest BCUT2D eigenvalue weighted by molar-refractivity contribution is 0.168. The van der Waals surface area contributed by atoms with Crippen LogP contribution in [-0.4, -0.2) is 11.7 Å². The highest BCUT2D eigenvalue weighted by Gasteiger charge is 2.25. The molecule has 0 amide bonds. The van der Waals surface area contributed by atoms with Gasteiger partial charge < -0.3 is 19.3 Å². The Morgan fingerprint density at radius 2 is 1.86 bits per heavy atom. The van der Waals surface area contributed by atoms with Gasteiger partial charge in [0.1, 0.15) is 35.7 Å². The Labute approximate surface area is 165 Å². The molecule has 28 heavy (non-hydrogen) atoms. The highest BCUT2D eigenvalue weighted by atomic mass is 16.5. The average Bonchev–Trinajstić information content (AvgIpc) is 2.73. The summed E-state index contributed by atoms with van der Waals surface area (Å²) in [6.45, 7) is 3.03. The summed E-state index contributed by atoms with van der Waals surface area (Å²) in [5.74, 6) is 2.50. The molecule has 0 bridgehead atoms. The molecule has 1 aliphatic rings. The van der Waals surface area contributed by atoms with Gasteiger partial charge in [-0.05, 0) is 49.1 Å². The molecule has 0 fully saturated rings. The molecule has 1 N–H and O–H groups in total. The van der Waals surface area contributed by atoms with E-state index in [2.05, 4.69) is 6.07 Å². The Bertz CT molecular complexity index is 937. The Hall–Kier alpha value is -3.14. The number of benzene rings is 3. The number of phenolic OH excluding ortho intramolecular Hbond substituents is 1. The van der Waals surface area contributed by atoms with Crippen molar-refractivity contribution in [2.24, 2.45) is 0 Å². The van der Waals surface area contributed by atoms with Crippen LogP contribution in [0.3, 0.4) is 0 Å². The highest BCUT2D eigenvalue weighted by Crippen LogP contribution is 2.40. The molecule has 3 aromatic rings. The minimum Gasteiger partial charge on any atom is -0.508 e. The van der Waals surface area contributed by atoms with Gasteiger partial charge in [-0.25, -0.2) is 0 Å². The maximum atomic E-state index is 9.95. The molecule has 0 radical (unpaired) electrons. The predicted molar refractivity (Wildman–Crippen MR) is 108 cm³/mol. The summed E-state index contributed by atoms with van der Waals surface area (Å²) in [4.78, 5) is 0. The number of fused-ring (bicyclic) bond motifs is 1. The third-order valence-corrected chi connectivity index (χ3v) is 4.88. The van der Waals surface area contributed by atoms with E-state index in [9.17, 15) is 5.11 Å². The summed E-state index contributed by atoms with van der Waals surface area (Å²) in [7, 11) is 0. The molecule has 144 valence electrons. The molecule has 1 heterocycles. The van der Waals surface area contributed by atoms with Crippen LogP contribution in [0.4, 0.5) is 0 Å². The van der Waals surface area contributed by atoms with Gasteiger partial charge in [0.25, 0.3) is 0 Å². The standard InChI is InChI=1S/C24H24O4/c1-2-26-20-11-8-18-9-13-22(28-23(18)15-20)21-12-10-19(25)14-24(21)27-16-17-6-4-3-5-7-17/h3-8,10-12,14-15,22,25H,2,9,13,16H2,1H3. The fourth-order valence-corrected chi connectivity index (χ4v) is 3.47. The Kier molecular flexibility index (Phi) is 5.38. The summed E-state index contributed by atoms with van der Waals surface area (Å²) in [6.07, 6.45) is 1.65. The fourth-order valence-electron chi connectivity index (χ4n) is 3.47. The lowest BCUT2D eigenvalue weighted by Crippen LogP contribution is -2.16. The van der Waals surface area contributed by atoms with Crippen LogP contribution >= 0.6 is 0 Å². The molecule has 1 unspecified atom stereocenters. The largest absolute Gasteiger partial charge is 0.508 e. The molecule has 3 aromatic carbocycles. The van der Waals surface area contributed by atoms with E-state index in [-0.39, 0.29) is 11.9 Å². The molecule has 0 saturated carbocycles. The van der Waals surface area contributed by atoms with Crippen molar-refractivity contribution in [1.29, 1.82) is 0 Å². The van der Waals surface area contributed by atoms with Crippen molar-refractivity contribution >= 4 is 0 Å². The quantitative estimate of drug-likeness (QED) is 0.623. The first kappa shape index (κ1) is 18.2. The number of hydrogen-bond donors (Lipinski definition) is 1. The summed E-state index contributed by atoms with van der Waals surface area (Å²) in [6, 6.07) is 21.2. The third-order valence-electron chi connectivity index (χ3n) is 4.88. The normalized spacial score (nSPS) is 15.4. The minimum absolute atomic E-state index is 0.129. The van der Waals surface area contributed by atoms with E-state index in [4.69, 9.17) is 14.2 Å². The van der Waals surface area contributed by atoms with Crippen molar-refractivity contribution in [3.05, 3.63) is 83.4 Å². The van der Waals surface area contributed by atoms with Gasteiger partial charge in [-0.2, -0.15) is 0 Å². The van der Waals surface area contributed by atoms with Crippen LogP contribution < -0.4 is 14.2 Å². The van der Waals surface area contributed by atoms with Gasteiger partial charge in [-0.3, -0.25) is 0 Å². The Morgan fingerprint density at radius 3 is 2.68 bits per heavy atom. The van der Waals surface area contributed by atoms with Gasteiger partial charge >= 0.3 is 0 Å². The van der Waals surface area contributed by atoms with Crippen LogP contribution in [0.2, 0.25) is 0 Å². The Balaban J connectivity index is 1.56. The molecule has 0 aliphatic carbocycles. The number of ether oxygens (including phenoxy) is 3. The molecule has 4 heteroatoms. The first-order valence-electron chi connectivity index (χ1n) is 9.65. The van der Waals surface area contributed by atoms with Crippen molar-refractivity contribution in [3.63, 3.8) is 0 Å². The van der Waals surface area contributed by atoms with Crippen molar-refractivity contribution in [3.8, 4) is 23.0 Å². The van der Waals surface area contributed by atoms with Gasteiger partial charge in [0.05, 0.1) is 6.61 Å². The summed E-state index contributed by atoms with van der Waals surface area (Å²) in [5, 5.41) is 9.95. The van der Waals surface area contributed by atoms with Gasteiger partial charge in [-0.1, -0.05) is 36.4 Å². The molecular formula is C24H24O4. The van der Waals surface area contributed by atoms with E-state index >= 15 is 0 Å². The van der Waals surface area contributed by atoms with Crippen LogP contribution in [0.5, 0.6) is 23.0 Å². The average molecular weight is 376 g/mol. The SMILES string of the molecule is CCOc1ccc2c(c1)OC(c1ccc(O)cc1OCc1ccccc1)CC2. The minimum atomic E-state index is -0.129. The third kappa shape index (κ3) is 4.06. The lowest BCUT2D eigenvalue weighted by Gasteiger charge is -2.28. The van der Waals surface area contributed by atoms with Crippen molar-refractivity contribution in [2.75, 3.05) is 6.61 Å². The van der Waals surface area contributed by atoms with E-state index in [0.29, 0.717) is 19.0 Å². The summed E-state index contributed by atoms with van der Waals surface area (Å²) in [5.41, 5.74) is 3.21. The topological polar surface area (TPSA) is 47.9 Å². The summed E-state index contributed by atoms with van der Waals surface area (Å²) >= 11 is 0. The highest BCUT2D eigenvalue weighted by molar-refractivity contribution is 5.46. The van der Waals surface area contributed by atoms with E-state index < -0.39 is 0 Å². The van der Waals surface area contributed by atoms with Crippen LogP contribution in [0.1, 0.15) is 36.1 Å². The molecule has 1 atom stereocenters. The molecule has 0 saturated heterocycles. The lowest BCUT2D eigenvalue weighted by atomic mass is 9.96. The monoisotopic (exact) mass is 376 g/mol. The first-order chi connectivity index (χ1) is 13.7. The van der Waals surface area contributed by atoms with E-state index in [1.165, 1.54) is 5.56 Å². The molecular weight excluding hydrogens is 352 g/mol. The maximum Gasteiger partial charge on any atom is 0.130 e. The zero-order valence-electron chi connectivity index (χ0n) is 15.9. The van der Waals surface area contributed by atoms with Crippen LogP contribution in [0.25, 0.3) is 0 Å². The van der Waals surface area contributed by atoms with Gasteiger partial charge in [-0.15, -0.1) is 0 Å². The van der Waals surface area contributed by atoms with Crippen LogP contribution in [0.15, 0.2) is 66.7 Å². The zero-order chi connectivity index (χ0) is 19.3. The molecule has 1 aliphatic heterocycles. The van der Waals surface area contributed by atoms with Crippen LogP contribution in [0, 0.1) is 0 Å². The predicted octanol–water partition coefficient (Wildman–Crippen LogP) is 5.44. The molecule has 0 aromatic heterocycles. The summed E-state index contributed by atoms with van der Waals surface area (Å²) < 4.78 is 17.9. The number of rotatable bonds is 6. The van der Waals surface area contributed by atoms with Crippen molar-refractivity contribution in [2.45, 2.75) is 32.5 Å². The zero-order valence-corrected chi connectivity index (χ0v) is 15.9. The number of aryl methyl sites for hydroxylation is 1. The smallest absolute Gasteiger partial charge is 0.130 e. The number of hydrogen-bond acceptors (Lipinski definition) is 4. The second-order valence-corrected chi connectivity index (χ2v) is 6.84. The molecule has 4 rings (SSSR count). The van der Waals surface area contributed by atoms with E-state index in [0.717, 1.165) is 35.5 Å².